The van der Waals surface area contributed by atoms with Crippen molar-refractivity contribution >= 4 is 6.03 Å². The van der Waals surface area contributed by atoms with Gasteiger partial charge in [0, 0.05) is 13.7 Å². The molecule has 2 N–H and O–H groups in total. The van der Waals surface area contributed by atoms with Gasteiger partial charge in [-0.05, 0) is 23.8 Å². The van der Waals surface area contributed by atoms with E-state index in [1.165, 1.54) is 4.68 Å². The van der Waals surface area contributed by atoms with Crippen LogP contribution in [-0.4, -0.2) is 45.0 Å². The molecule has 2 amide bonds. The van der Waals surface area contributed by atoms with Crippen molar-refractivity contribution in [2.75, 3.05) is 6.61 Å². The van der Waals surface area contributed by atoms with Gasteiger partial charge in [0.05, 0.1) is 18.2 Å². The maximum atomic E-state index is 11.9. The van der Waals surface area contributed by atoms with Gasteiger partial charge in [0.25, 0.3) is 0 Å². The van der Waals surface area contributed by atoms with Crippen LogP contribution in [-0.2, 0) is 11.8 Å². The number of amides is 2. The van der Waals surface area contributed by atoms with E-state index in [1.807, 2.05) is 6.92 Å². The third-order valence-corrected chi connectivity index (χ3v) is 3.07. The predicted molar refractivity (Wildman–Crippen MR) is 67.2 cm³/mol. The molecule has 0 aromatic carbocycles. The number of aryl methyl sites for hydroxylation is 1. The minimum absolute atomic E-state index is 0.0395. The van der Waals surface area contributed by atoms with Gasteiger partial charge >= 0.3 is 6.03 Å². The van der Waals surface area contributed by atoms with E-state index in [9.17, 15) is 4.79 Å². The van der Waals surface area contributed by atoms with E-state index in [-0.39, 0.29) is 24.2 Å². The number of urea groups is 1. The molecule has 3 atom stereocenters. The molecule has 104 valence electrons. The molecule has 8 heteroatoms. The maximum Gasteiger partial charge on any atom is 0.315 e. The van der Waals surface area contributed by atoms with Gasteiger partial charge < -0.3 is 15.4 Å². The van der Waals surface area contributed by atoms with Gasteiger partial charge in [0.15, 0.2) is 5.82 Å². The fourth-order valence-electron chi connectivity index (χ4n) is 2.07. The molecular formula is C11H18N6O2. The summed E-state index contributed by atoms with van der Waals surface area (Å²) in [5.41, 5.74) is 0. The molecule has 0 saturated carbocycles. The first-order valence-electron chi connectivity index (χ1n) is 6.15. The summed E-state index contributed by atoms with van der Waals surface area (Å²) >= 11 is 0. The van der Waals surface area contributed by atoms with Crippen molar-refractivity contribution in [2.45, 2.75) is 31.5 Å². The Bertz CT molecular complexity index is 460. The smallest absolute Gasteiger partial charge is 0.315 e. The molecule has 8 nitrogen and oxygen atoms in total. The Morgan fingerprint density at radius 1 is 1.68 bits per heavy atom. The van der Waals surface area contributed by atoms with Gasteiger partial charge in [-0.1, -0.05) is 6.08 Å². The summed E-state index contributed by atoms with van der Waals surface area (Å²) in [6, 6.07) is -0.579. The van der Waals surface area contributed by atoms with Gasteiger partial charge in [-0.25, -0.2) is 9.48 Å². The Morgan fingerprint density at radius 3 is 3.11 bits per heavy atom. The molecule has 0 bridgehead atoms. The van der Waals surface area contributed by atoms with Crippen LogP contribution in [0.15, 0.2) is 12.7 Å². The monoisotopic (exact) mass is 266 g/mol. The van der Waals surface area contributed by atoms with E-state index in [2.05, 4.69) is 32.7 Å². The number of carbonyl (C=O) groups is 1. The highest BCUT2D eigenvalue weighted by Crippen LogP contribution is 2.14. The summed E-state index contributed by atoms with van der Waals surface area (Å²) < 4.78 is 6.94. The zero-order valence-corrected chi connectivity index (χ0v) is 11.0. The number of aromatic nitrogens is 4. The highest BCUT2D eigenvalue weighted by molar-refractivity contribution is 5.74. The number of tetrazole rings is 1. The van der Waals surface area contributed by atoms with Gasteiger partial charge in [-0.15, -0.1) is 11.7 Å². The number of hydrogen-bond donors (Lipinski definition) is 2. The molecule has 0 aliphatic carbocycles. The second-order valence-corrected chi connectivity index (χ2v) is 4.47. The Labute approximate surface area is 111 Å². The number of nitrogens with one attached hydrogen (secondary N) is 2. The second kappa shape index (κ2) is 5.79. The maximum absolute atomic E-state index is 11.9. The molecule has 1 aliphatic rings. The first kappa shape index (κ1) is 13.5. The highest BCUT2D eigenvalue weighted by atomic mass is 16.5. The molecule has 2 rings (SSSR count). The van der Waals surface area contributed by atoms with Crippen LogP contribution in [0, 0.1) is 0 Å². The van der Waals surface area contributed by atoms with E-state index < -0.39 is 0 Å². The van der Waals surface area contributed by atoms with Crippen LogP contribution in [0.4, 0.5) is 4.79 Å². The van der Waals surface area contributed by atoms with E-state index in [0.717, 1.165) is 6.42 Å². The molecule has 2 heterocycles. The van der Waals surface area contributed by atoms with Crippen molar-refractivity contribution < 1.29 is 9.53 Å². The van der Waals surface area contributed by atoms with E-state index in [4.69, 9.17) is 4.74 Å². The molecule has 1 aromatic rings. The molecule has 1 saturated heterocycles. The van der Waals surface area contributed by atoms with Crippen molar-refractivity contribution in [3.8, 4) is 0 Å². The largest absolute Gasteiger partial charge is 0.372 e. The zero-order valence-electron chi connectivity index (χ0n) is 11.0. The normalized spacial score (nSPS) is 23.9. The fourth-order valence-corrected chi connectivity index (χ4v) is 2.07. The zero-order chi connectivity index (χ0) is 13.8. The molecule has 1 aliphatic heterocycles. The lowest BCUT2D eigenvalue weighted by atomic mass is 10.1. The third-order valence-electron chi connectivity index (χ3n) is 3.07. The van der Waals surface area contributed by atoms with Crippen molar-refractivity contribution in [2.24, 2.45) is 7.05 Å². The molecule has 1 fully saturated rings. The summed E-state index contributed by atoms with van der Waals surface area (Å²) in [7, 11) is 1.73. The Kier molecular flexibility index (Phi) is 4.10. The van der Waals surface area contributed by atoms with Gasteiger partial charge in [-0.2, -0.15) is 0 Å². The summed E-state index contributed by atoms with van der Waals surface area (Å²) in [5, 5.41) is 16.8. The fraction of sp³-hybridized carbons (Fsp3) is 0.636. The lowest BCUT2D eigenvalue weighted by molar-refractivity contribution is 0.135. The summed E-state index contributed by atoms with van der Waals surface area (Å²) in [6.45, 7) is 6.14. The molecule has 1 aromatic heterocycles. The average Bonchev–Trinajstić information content (AvgIpc) is 2.97. The van der Waals surface area contributed by atoms with Crippen LogP contribution in [0.1, 0.15) is 25.2 Å². The topological polar surface area (TPSA) is 94.0 Å². The van der Waals surface area contributed by atoms with Gasteiger partial charge in [0.1, 0.15) is 0 Å². The third kappa shape index (κ3) is 3.08. The lowest BCUT2D eigenvalue weighted by Crippen LogP contribution is -2.46. The van der Waals surface area contributed by atoms with E-state index in [1.54, 1.807) is 13.1 Å². The number of carbonyl (C=O) groups excluding carboxylic acids is 1. The predicted octanol–water partition coefficient (Wildman–Crippen LogP) is -0.0862. The minimum Gasteiger partial charge on any atom is -0.372 e. The second-order valence-electron chi connectivity index (χ2n) is 4.47. The van der Waals surface area contributed by atoms with Gasteiger partial charge in [0.2, 0.25) is 0 Å². The SMILES string of the molecule is C=C[C@H]1OCC[C@@H]1NC(=O)NC(C)c1nnnn1C. The van der Waals surface area contributed by atoms with Gasteiger partial charge in [-0.3, -0.25) is 0 Å². The Morgan fingerprint density at radius 2 is 2.47 bits per heavy atom. The number of rotatable bonds is 4. The molecular weight excluding hydrogens is 248 g/mol. The summed E-state index contributed by atoms with van der Waals surface area (Å²) in [6.07, 6.45) is 2.36. The summed E-state index contributed by atoms with van der Waals surface area (Å²) in [5.74, 6) is 0.595. The quantitative estimate of drug-likeness (QED) is 0.743. The van der Waals surface area contributed by atoms with Crippen LogP contribution in [0.2, 0.25) is 0 Å². The summed E-state index contributed by atoms with van der Waals surface area (Å²) in [4.78, 5) is 11.9. The average molecular weight is 266 g/mol. The van der Waals surface area contributed by atoms with Crippen molar-refractivity contribution in [3.05, 3.63) is 18.5 Å². The highest BCUT2D eigenvalue weighted by Gasteiger charge is 2.27. The van der Waals surface area contributed by atoms with Crippen LogP contribution in [0.5, 0.6) is 0 Å². The first-order chi connectivity index (χ1) is 9.11. The minimum atomic E-state index is -0.274. The molecule has 0 radical (unpaired) electrons. The van der Waals surface area contributed by atoms with Crippen LogP contribution in [0.3, 0.4) is 0 Å². The number of hydrogen-bond acceptors (Lipinski definition) is 5. The van der Waals surface area contributed by atoms with Crippen LogP contribution in [0.25, 0.3) is 0 Å². The van der Waals surface area contributed by atoms with E-state index in [0.29, 0.717) is 12.4 Å². The Hall–Kier alpha value is -1.96. The van der Waals surface area contributed by atoms with Crippen LogP contribution < -0.4 is 10.6 Å². The standard InChI is InChI=1S/C11H18N6O2/c1-4-9-8(5-6-19-9)13-11(18)12-7(2)10-14-15-16-17(10)3/h4,7-9H,1,5-6H2,2-3H3,(H2,12,13,18)/t7?,8-,9+/m0/s1. The number of nitrogens with zero attached hydrogens (tertiary/aromatic N) is 4. The van der Waals surface area contributed by atoms with Crippen LogP contribution >= 0.6 is 0 Å². The van der Waals surface area contributed by atoms with Crippen molar-refractivity contribution in [1.29, 1.82) is 0 Å². The molecule has 0 spiro atoms. The van der Waals surface area contributed by atoms with Crippen molar-refractivity contribution in [1.82, 2.24) is 30.8 Å². The molecule has 19 heavy (non-hydrogen) atoms. The lowest BCUT2D eigenvalue weighted by Gasteiger charge is -2.19. The van der Waals surface area contributed by atoms with Crippen molar-refractivity contribution in [3.63, 3.8) is 0 Å². The Balaban J connectivity index is 1.87. The number of ether oxygens (including phenoxy) is 1. The molecule has 1 unspecified atom stereocenters. The van der Waals surface area contributed by atoms with E-state index >= 15 is 0 Å². The first-order valence-corrected chi connectivity index (χ1v) is 6.15.